The van der Waals surface area contributed by atoms with Crippen LogP contribution < -0.4 is 0 Å². The molecule has 0 spiro atoms. The van der Waals surface area contributed by atoms with Crippen LogP contribution >= 0.6 is 0 Å². The van der Waals surface area contributed by atoms with Gasteiger partial charge in [-0.25, -0.2) is 0 Å². The van der Waals surface area contributed by atoms with Crippen molar-refractivity contribution in [3.63, 3.8) is 0 Å². The summed E-state index contributed by atoms with van der Waals surface area (Å²) in [4.78, 5) is 15.7. The number of piperazine rings is 1. The summed E-state index contributed by atoms with van der Waals surface area (Å²) >= 11 is 0. The molecule has 0 amide bonds. The molecule has 0 radical (unpaired) electrons. The predicted molar refractivity (Wildman–Crippen MR) is 72.2 cm³/mol. The zero-order chi connectivity index (χ0) is 12.7. The molecule has 0 aromatic heterocycles. The Hall–Kier alpha value is -0.670. The van der Waals surface area contributed by atoms with Crippen molar-refractivity contribution in [2.24, 2.45) is 0 Å². The Morgan fingerprint density at radius 1 is 1.18 bits per heavy atom. The second-order valence-corrected chi connectivity index (χ2v) is 4.58. The highest BCUT2D eigenvalue weighted by molar-refractivity contribution is 5.87. The minimum absolute atomic E-state index is 0.145. The van der Waals surface area contributed by atoms with Gasteiger partial charge in [0.15, 0.2) is 5.78 Å². The topological polar surface area (TPSA) is 23.6 Å². The van der Waals surface area contributed by atoms with E-state index in [1.807, 2.05) is 19.9 Å². The third-order valence-corrected chi connectivity index (χ3v) is 3.19. The van der Waals surface area contributed by atoms with Crippen molar-refractivity contribution in [3.05, 3.63) is 12.2 Å². The molecule has 98 valence electrons. The van der Waals surface area contributed by atoms with E-state index < -0.39 is 0 Å². The average Bonchev–Trinajstić information content (AvgIpc) is 3.16. The summed E-state index contributed by atoms with van der Waals surface area (Å²) < 4.78 is 0. The summed E-state index contributed by atoms with van der Waals surface area (Å²) in [5.74, 6) is 0.145. The molecular formula is C14H26N2O. The molecule has 0 unspecified atom stereocenters. The molecule has 0 bridgehead atoms. The van der Waals surface area contributed by atoms with Crippen molar-refractivity contribution in [1.82, 2.24) is 9.80 Å². The van der Waals surface area contributed by atoms with Gasteiger partial charge >= 0.3 is 0 Å². The molecule has 0 aromatic carbocycles. The lowest BCUT2D eigenvalue weighted by Crippen LogP contribution is -2.47. The molecule has 3 nitrogen and oxygen atoms in total. The van der Waals surface area contributed by atoms with Gasteiger partial charge in [-0.3, -0.25) is 14.6 Å². The van der Waals surface area contributed by atoms with Crippen LogP contribution in [0.5, 0.6) is 0 Å². The third-order valence-electron chi connectivity index (χ3n) is 3.19. The summed E-state index contributed by atoms with van der Waals surface area (Å²) in [6, 6.07) is 0.903. The van der Waals surface area contributed by atoms with E-state index >= 15 is 0 Å². The van der Waals surface area contributed by atoms with E-state index in [1.165, 1.54) is 25.9 Å². The first-order valence-corrected chi connectivity index (χ1v) is 6.89. The number of nitrogens with zero attached hydrogens (tertiary/aromatic N) is 2. The van der Waals surface area contributed by atoms with Gasteiger partial charge in [-0.15, -0.1) is 0 Å². The maximum atomic E-state index is 10.7. The predicted octanol–water partition coefficient (Wildman–Crippen LogP) is 1.94. The van der Waals surface area contributed by atoms with Crippen LogP contribution in [-0.2, 0) is 4.79 Å². The molecule has 1 aliphatic carbocycles. The molecule has 1 saturated carbocycles. The first kappa shape index (κ1) is 14.4. The zero-order valence-electron chi connectivity index (χ0n) is 11.5. The Bertz CT molecular complexity index is 251. The van der Waals surface area contributed by atoms with Crippen molar-refractivity contribution >= 4 is 5.78 Å². The van der Waals surface area contributed by atoms with Crippen LogP contribution in [0.2, 0.25) is 0 Å². The lowest BCUT2D eigenvalue weighted by molar-refractivity contribution is -0.112. The van der Waals surface area contributed by atoms with Crippen LogP contribution in [0.3, 0.4) is 0 Å². The number of rotatable bonds is 4. The lowest BCUT2D eigenvalue weighted by atomic mass is 10.3. The number of carbonyl (C=O) groups is 1. The van der Waals surface area contributed by atoms with Gasteiger partial charge in [0.1, 0.15) is 0 Å². The molecule has 17 heavy (non-hydrogen) atoms. The third kappa shape index (κ3) is 5.46. The van der Waals surface area contributed by atoms with E-state index in [0.29, 0.717) is 0 Å². The maximum Gasteiger partial charge on any atom is 0.152 e. The SMILES string of the molecule is CC.CC(=O)/C=C/CN1CCN(C2CC2)CC1. The van der Waals surface area contributed by atoms with Gasteiger partial charge in [-0.05, 0) is 25.8 Å². The van der Waals surface area contributed by atoms with Gasteiger partial charge in [0.2, 0.25) is 0 Å². The molecule has 2 aliphatic rings. The first-order chi connectivity index (χ1) is 8.25. The van der Waals surface area contributed by atoms with E-state index in [1.54, 1.807) is 13.0 Å². The fourth-order valence-corrected chi connectivity index (χ4v) is 2.12. The highest BCUT2D eigenvalue weighted by atomic mass is 16.1. The van der Waals surface area contributed by atoms with Gasteiger partial charge in [-0.1, -0.05) is 19.9 Å². The minimum Gasteiger partial charge on any atom is -0.298 e. The molecule has 1 heterocycles. The van der Waals surface area contributed by atoms with Crippen LogP contribution in [0.15, 0.2) is 12.2 Å². The maximum absolute atomic E-state index is 10.7. The molecule has 0 atom stereocenters. The number of hydrogen-bond donors (Lipinski definition) is 0. The zero-order valence-corrected chi connectivity index (χ0v) is 11.5. The van der Waals surface area contributed by atoms with Gasteiger partial charge in [-0.2, -0.15) is 0 Å². The van der Waals surface area contributed by atoms with Gasteiger partial charge in [0.05, 0.1) is 0 Å². The summed E-state index contributed by atoms with van der Waals surface area (Å²) in [7, 11) is 0. The fraction of sp³-hybridized carbons (Fsp3) is 0.786. The van der Waals surface area contributed by atoms with Crippen molar-refractivity contribution in [1.29, 1.82) is 0 Å². The minimum atomic E-state index is 0.145. The normalized spacial score (nSPS) is 22.3. The van der Waals surface area contributed by atoms with Crippen molar-refractivity contribution in [2.75, 3.05) is 32.7 Å². The Labute approximate surface area is 105 Å². The Morgan fingerprint density at radius 3 is 2.24 bits per heavy atom. The van der Waals surface area contributed by atoms with E-state index in [9.17, 15) is 4.79 Å². The second kappa shape index (κ2) is 7.62. The molecule has 0 N–H and O–H groups in total. The van der Waals surface area contributed by atoms with Crippen LogP contribution in [0, 0.1) is 0 Å². The number of allylic oxidation sites excluding steroid dienone is 1. The van der Waals surface area contributed by atoms with Crippen molar-refractivity contribution in [2.45, 2.75) is 39.7 Å². The van der Waals surface area contributed by atoms with E-state index in [2.05, 4.69) is 9.80 Å². The smallest absolute Gasteiger partial charge is 0.152 e. The summed E-state index contributed by atoms with van der Waals surface area (Å²) in [6.07, 6.45) is 6.47. The standard InChI is InChI=1S/C12H20N2O.C2H6/c1-11(15)3-2-6-13-7-9-14(10-8-13)12-4-5-12;1-2/h2-3,12H,4-10H2,1H3;1-2H3/b3-2+;. The molecule has 2 fully saturated rings. The molecule has 1 saturated heterocycles. The van der Waals surface area contributed by atoms with Crippen LogP contribution in [0.1, 0.15) is 33.6 Å². The van der Waals surface area contributed by atoms with Crippen LogP contribution in [0.25, 0.3) is 0 Å². The largest absolute Gasteiger partial charge is 0.298 e. The second-order valence-electron chi connectivity index (χ2n) is 4.58. The Morgan fingerprint density at radius 2 is 1.76 bits per heavy atom. The van der Waals surface area contributed by atoms with Crippen LogP contribution in [0.4, 0.5) is 0 Å². The van der Waals surface area contributed by atoms with Gasteiger partial charge in [0.25, 0.3) is 0 Å². The lowest BCUT2D eigenvalue weighted by Gasteiger charge is -2.34. The number of carbonyl (C=O) groups excluding carboxylic acids is 1. The van der Waals surface area contributed by atoms with Crippen molar-refractivity contribution in [3.8, 4) is 0 Å². The summed E-state index contributed by atoms with van der Waals surface area (Å²) in [5, 5.41) is 0. The van der Waals surface area contributed by atoms with E-state index in [0.717, 1.165) is 25.7 Å². The number of hydrogen-bond acceptors (Lipinski definition) is 3. The molecule has 0 aromatic rings. The molecule has 2 rings (SSSR count). The quantitative estimate of drug-likeness (QED) is 0.699. The van der Waals surface area contributed by atoms with E-state index in [-0.39, 0.29) is 5.78 Å². The molecule has 1 aliphatic heterocycles. The first-order valence-electron chi connectivity index (χ1n) is 6.89. The Balaban J connectivity index is 0.000000686. The van der Waals surface area contributed by atoms with Crippen LogP contribution in [-0.4, -0.2) is 54.3 Å². The average molecular weight is 238 g/mol. The monoisotopic (exact) mass is 238 g/mol. The summed E-state index contributed by atoms with van der Waals surface area (Å²) in [5.41, 5.74) is 0. The number of ketones is 1. The van der Waals surface area contributed by atoms with Gasteiger partial charge < -0.3 is 0 Å². The van der Waals surface area contributed by atoms with E-state index in [4.69, 9.17) is 0 Å². The highest BCUT2D eigenvalue weighted by Gasteiger charge is 2.30. The summed E-state index contributed by atoms with van der Waals surface area (Å²) in [6.45, 7) is 11.2. The van der Waals surface area contributed by atoms with Crippen molar-refractivity contribution < 1.29 is 4.79 Å². The highest BCUT2D eigenvalue weighted by Crippen LogP contribution is 2.27. The fourth-order valence-electron chi connectivity index (χ4n) is 2.12. The Kier molecular flexibility index (Phi) is 6.45. The molecular weight excluding hydrogens is 212 g/mol. The van der Waals surface area contributed by atoms with Gasteiger partial charge in [0, 0.05) is 38.8 Å². The molecule has 3 heteroatoms.